The zero-order chi connectivity index (χ0) is 22.7. The van der Waals surface area contributed by atoms with Crippen LogP contribution < -0.4 is 10.6 Å². The van der Waals surface area contributed by atoms with Crippen molar-refractivity contribution in [2.24, 2.45) is 5.92 Å². The Bertz CT molecular complexity index is 1010. The number of anilines is 2. The van der Waals surface area contributed by atoms with Crippen LogP contribution in [0.3, 0.4) is 0 Å². The second-order valence-electron chi connectivity index (χ2n) is 8.23. The molecule has 6 heteroatoms. The number of nitrogens with one attached hydrogen (secondary N) is 2. The maximum Gasteiger partial charge on any atom is 0.170 e. The predicted octanol–water partition coefficient (Wildman–Crippen LogP) is 7.47. The molecule has 0 aliphatic rings. The summed E-state index contributed by atoms with van der Waals surface area (Å²) in [5.41, 5.74) is 0.180. The molecule has 0 saturated carbocycles. The average Bonchev–Trinajstić information content (AvgIpc) is 2.73. The number of halogens is 4. The molecule has 0 amide bonds. The van der Waals surface area contributed by atoms with Gasteiger partial charge in [0, 0.05) is 24.0 Å². The third kappa shape index (κ3) is 5.01. The SMILES string of the molecule is CC(C)CNc1ccc(-c2c(F)c(F)c(-c3ccc(NC(C)C)cc3)c(F)c2F)cc1. The summed E-state index contributed by atoms with van der Waals surface area (Å²) in [6.07, 6.45) is 0. The molecular formula is C25H26F4N2. The molecule has 3 aromatic rings. The lowest BCUT2D eigenvalue weighted by Crippen LogP contribution is -2.09. The van der Waals surface area contributed by atoms with Gasteiger partial charge in [-0.25, -0.2) is 17.6 Å². The Morgan fingerprint density at radius 2 is 1.00 bits per heavy atom. The van der Waals surface area contributed by atoms with Gasteiger partial charge >= 0.3 is 0 Å². The number of benzene rings is 3. The number of hydrogen-bond acceptors (Lipinski definition) is 2. The molecule has 0 unspecified atom stereocenters. The van der Waals surface area contributed by atoms with E-state index in [1.54, 1.807) is 24.3 Å². The third-order valence-electron chi connectivity index (χ3n) is 4.78. The zero-order valence-corrected chi connectivity index (χ0v) is 18.0. The van der Waals surface area contributed by atoms with E-state index in [1.807, 2.05) is 27.7 Å². The van der Waals surface area contributed by atoms with Crippen LogP contribution >= 0.6 is 0 Å². The molecule has 0 atom stereocenters. The van der Waals surface area contributed by atoms with E-state index < -0.39 is 34.4 Å². The molecule has 0 aliphatic heterocycles. The molecule has 3 aromatic carbocycles. The predicted molar refractivity (Wildman–Crippen MR) is 119 cm³/mol. The van der Waals surface area contributed by atoms with Crippen LogP contribution in [0.5, 0.6) is 0 Å². The van der Waals surface area contributed by atoms with Gasteiger partial charge in [0.1, 0.15) is 0 Å². The van der Waals surface area contributed by atoms with Gasteiger partial charge in [-0.2, -0.15) is 0 Å². The number of hydrogen-bond donors (Lipinski definition) is 2. The fraction of sp³-hybridized carbons (Fsp3) is 0.280. The van der Waals surface area contributed by atoms with Gasteiger partial charge in [-0.15, -0.1) is 0 Å². The minimum atomic E-state index is -1.42. The second-order valence-corrected chi connectivity index (χ2v) is 8.23. The van der Waals surface area contributed by atoms with Crippen molar-refractivity contribution in [3.63, 3.8) is 0 Å². The maximum atomic E-state index is 14.9. The Labute approximate surface area is 180 Å². The van der Waals surface area contributed by atoms with E-state index in [0.717, 1.165) is 17.9 Å². The topological polar surface area (TPSA) is 24.1 Å². The fourth-order valence-corrected chi connectivity index (χ4v) is 3.28. The first-order valence-corrected chi connectivity index (χ1v) is 10.3. The van der Waals surface area contributed by atoms with Crippen molar-refractivity contribution < 1.29 is 17.6 Å². The molecule has 2 N–H and O–H groups in total. The summed E-state index contributed by atoms with van der Waals surface area (Å²) < 4.78 is 59.5. The summed E-state index contributed by atoms with van der Waals surface area (Å²) in [6, 6.07) is 12.4. The monoisotopic (exact) mass is 430 g/mol. The van der Waals surface area contributed by atoms with Crippen molar-refractivity contribution >= 4 is 11.4 Å². The number of rotatable bonds is 7. The Balaban J connectivity index is 1.99. The molecule has 2 nitrogen and oxygen atoms in total. The van der Waals surface area contributed by atoms with E-state index in [0.29, 0.717) is 5.92 Å². The summed E-state index contributed by atoms with van der Waals surface area (Å²) in [7, 11) is 0. The summed E-state index contributed by atoms with van der Waals surface area (Å²) >= 11 is 0. The minimum absolute atomic E-state index is 0.0573. The van der Waals surface area contributed by atoms with E-state index >= 15 is 0 Å². The van der Waals surface area contributed by atoms with Crippen LogP contribution in [-0.2, 0) is 0 Å². The van der Waals surface area contributed by atoms with Gasteiger partial charge in [0.25, 0.3) is 0 Å². The first kappa shape index (κ1) is 22.7. The van der Waals surface area contributed by atoms with E-state index in [4.69, 9.17) is 0 Å². The van der Waals surface area contributed by atoms with Crippen molar-refractivity contribution in [2.75, 3.05) is 17.2 Å². The molecule has 0 radical (unpaired) electrons. The largest absolute Gasteiger partial charge is 0.385 e. The van der Waals surface area contributed by atoms with Crippen LogP contribution in [0.4, 0.5) is 28.9 Å². The van der Waals surface area contributed by atoms with Crippen LogP contribution in [0, 0.1) is 29.2 Å². The van der Waals surface area contributed by atoms with Crippen molar-refractivity contribution in [1.29, 1.82) is 0 Å². The van der Waals surface area contributed by atoms with E-state index in [-0.39, 0.29) is 17.2 Å². The van der Waals surface area contributed by atoms with E-state index in [1.165, 1.54) is 24.3 Å². The summed E-state index contributed by atoms with van der Waals surface area (Å²) in [5.74, 6) is -5.25. The fourth-order valence-electron chi connectivity index (χ4n) is 3.28. The van der Waals surface area contributed by atoms with Crippen molar-refractivity contribution in [3.05, 3.63) is 71.8 Å². The lowest BCUT2D eigenvalue weighted by Gasteiger charge is -2.15. The standard InChI is InChI=1S/C25H26F4N2/c1-14(2)13-30-18-9-5-16(6-10-18)20-22(26)24(28)21(25(29)23(20)27)17-7-11-19(12-8-17)31-15(3)4/h5-12,14-15,30-31H,13H2,1-4H3. The van der Waals surface area contributed by atoms with Crippen LogP contribution in [-0.4, -0.2) is 12.6 Å². The minimum Gasteiger partial charge on any atom is -0.385 e. The van der Waals surface area contributed by atoms with Crippen LogP contribution in [0.25, 0.3) is 22.3 Å². The van der Waals surface area contributed by atoms with Crippen LogP contribution in [0.15, 0.2) is 48.5 Å². The Hall–Kier alpha value is -3.02. The normalized spacial score (nSPS) is 11.3. The van der Waals surface area contributed by atoms with E-state index in [2.05, 4.69) is 10.6 Å². The lowest BCUT2D eigenvalue weighted by molar-refractivity contribution is 0.463. The molecule has 164 valence electrons. The van der Waals surface area contributed by atoms with Gasteiger partial charge < -0.3 is 10.6 Å². The van der Waals surface area contributed by atoms with Gasteiger partial charge in [-0.3, -0.25) is 0 Å². The smallest absolute Gasteiger partial charge is 0.170 e. The molecule has 3 rings (SSSR count). The van der Waals surface area contributed by atoms with Crippen molar-refractivity contribution in [2.45, 2.75) is 33.7 Å². The Morgan fingerprint density at radius 3 is 1.35 bits per heavy atom. The van der Waals surface area contributed by atoms with Gasteiger partial charge in [0.15, 0.2) is 23.3 Å². The molecule has 0 spiro atoms. The molecule has 0 fully saturated rings. The highest BCUT2D eigenvalue weighted by Gasteiger charge is 2.27. The highest BCUT2D eigenvalue weighted by atomic mass is 19.2. The highest BCUT2D eigenvalue weighted by molar-refractivity contribution is 5.74. The van der Waals surface area contributed by atoms with Crippen molar-refractivity contribution in [3.8, 4) is 22.3 Å². The van der Waals surface area contributed by atoms with Gasteiger partial charge in [0.2, 0.25) is 0 Å². The highest BCUT2D eigenvalue weighted by Crippen LogP contribution is 2.37. The first-order chi connectivity index (χ1) is 14.7. The quantitative estimate of drug-likeness (QED) is 0.300. The summed E-state index contributed by atoms with van der Waals surface area (Å²) in [6.45, 7) is 8.72. The molecule has 0 heterocycles. The van der Waals surface area contributed by atoms with Gasteiger partial charge in [-0.05, 0) is 55.2 Å². The molecule has 0 aliphatic carbocycles. The Morgan fingerprint density at radius 1 is 0.613 bits per heavy atom. The third-order valence-corrected chi connectivity index (χ3v) is 4.78. The first-order valence-electron chi connectivity index (χ1n) is 10.3. The molecule has 0 saturated heterocycles. The molecular weight excluding hydrogens is 404 g/mol. The second kappa shape index (κ2) is 9.41. The van der Waals surface area contributed by atoms with Gasteiger partial charge in [-0.1, -0.05) is 38.1 Å². The Kier molecular flexibility index (Phi) is 6.88. The van der Waals surface area contributed by atoms with Gasteiger partial charge in [0.05, 0.1) is 11.1 Å². The summed E-state index contributed by atoms with van der Waals surface area (Å²) in [5, 5.41) is 6.33. The molecule has 0 aromatic heterocycles. The van der Waals surface area contributed by atoms with Crippen LogP contribution in [0.1, 0.15) is 27.7 Å². The molecule has 0 bridgehead atoms. The lowest BCUT2D eigenvalue weighted by atomic mass is 9.97. The maximum absolute atomic E-state index is 14.9. The van der Waals surface area contributed by atoms with Crippen LogP contribution in [0.2, 0.25) is 0 Å². The summed E-state index contributed by atoms with van der Waals surface area (Å²) in [4.78, 5) is 0. The molecule has 31 heavy (non-hydrogen) atoms. The van der Waals surface area contributed by atoms with Crippen molar-refractivity contribution in [1.82, 2.24) is 0 Å². The van der Waals surface area contributed by atoms with E-state index in [9.17, 15) is 17.6 Å². The zero-order valence-electron chi connectivity index (χ0n) is 18.0. The average molecular weight is 430 g/mol.